The van der Waals surface area contributed by atoms with E-state index in [-0.39, 0.29) is 34.4 Å². The van der Waals surface area contributed by atoms with Gasteiger partial charge in [0.2, 0.25) is 0 Å². The van der Waals surface area contributed by atoms with E-state index >= 15 is 0 Å². The normalized spacial score (nSPS) is 14.0. The average molecular weight is 360 g/mol. The minimum atomic E-state index is -0.280. The molecular formula is C10H16Br2O4. The summed E-state index contributed by atoms with van der Waals surface area (Å²) in [5, 5.41) is 0. The lowest BCUT2D eigenvalue weighted by molar-refractivity contribution is -0.145. The van der Waals surface area contributed by atoms with Crippen LogP contribution in [0.1, 0.15) is 26.7 Å². The number of carbonyl (C=O) groups is 2. The monoisotopic (exact) mass is 358 g/mol. The Hall–Kier alpha value is -0.100. The van der Waals surface area contributed by atoms with E-state index in [0.29, 0.717) is 13.2 Å². The number of carbonyl (C=O) groups excluding carboxylic acids is 2. The molecule has 16 heavy (non-hydrogen) atoms. The molecule has 0 rings (SSSR count). The minimum absolute atomic E-state index is 0.143. The maximum absolute atomic E-state index is 11.2. The molecule has 0 aromatic carbocycles. The number of hydrogen-bond acceptors (Lipinski definition) is 4. The first kappa shape index (κ1) is 15.9. The SMILES string of the molecule is CCOC(=O)CC(Br)C(Br)CC(=O)OCC. The van der Waals surface area contributed by atoms with Crippen molar-refractivity contribution in [1.82, 2.24) is 0 Å². The zero-order chi connectivity index (χ0) is 12.6. The molecule has 0 aromatic rings. The van der Waals surface area contributed by atoms with Crippen LogP contribution in [0.4, 0.5) is 0 Å². The van der Waals surface area contributed by atoms with Gasteiger partial charge in [-0.1, -0.05) is 31.9 Å². The Morgan fingerprint density at radius 1 is 0.938 bits per heavy atom. The van der Waals surface area contributed by atoms with E-state index in [2.05, 4.69) is 31.9 Å². The van der Waals surface area contributed by atoms with E-state index < -0.39 is 0 Å². The van der Waals surface area contributed by atoms with Gasteiger partial charge < -0.3 is 9.47 Å². The van der Waals surface area contributed by atoms with Crippen LogP contribution in [-0.4, -0.2) is 34.8 Å². The van der Waals surface area contributed by atoms with E-state index in [1.54, 1.807) is 13.8 Å². The van der Waals surface area contributed by atoms with Crippen molar-refractivity contribution in [2.45, 2.75) is 36.3 Å². The van der Waals surface area contributed by atoms with Gasteiger partial charge in [-0.15, -0.1) is 0 Å². The number of rotatable bonds is 7. The molecule has 0 radical (unpaired) electrons. The standard InChI is InChI=1S/C10H16Br2O4/c1-3-15-9(13)5-7(11)8(12)6-10(14)16-4-2/h7-8H,3-6H2,1-2H3. The van der Waals surface area contributed by atoms with Crippen LogP contribution in [0.25, 0.3) is 0 Å². The molecule has 0 N–H and O–H groups in total. The lowest BCUT2D eigenvalue weighted by Crippen LogP contribution is -2.23. The molecule has 0 spiro atoms. The Morgan fingerprint density at radius 2 is 1.25 bits per heavy atom. The molecule has 2 unspecified atom stereocenters. The van der Waals surface area contributed by atoms with Crippen LogP contribution in [-0.2, 0) is 19.1 Å². The number of hydrogen-bond donors (Lipinski definition) is 0. The zero-order valence-corrected chi connectivity index (χ0v) is 12.5. The van der Waals surface area contributed by atoms with Crippen molar-refractivity contribution in [2.75, 3.05) is 13.2 Å². The van der Waals surface area contributed by atoms with Crippen LogP contribution in [0.2, 0.25) is 0 Å². The summed E-state index contributed by atoms with van der Waals surface area (Å²) in [6, 6.07) is 0. The second kappa shape index (κ2) is 8.98. The molecule has 6 heteroatoms. The first-order valence-corrected chi connectivity index (χ1v) is 6.93. The smallest absolute Gasteiger partial charge is 0.306 e. The molecule has 0 amide bonds. The van der Waals surface area contributed by atoms with Crippen LogP contribution in [0, 0.1) is 0 Å². The Labute approximate surface area is 112 Å². The molecule has 0 heterocycles. The summed E-state index contributed by atoms with van der Waals surface area (Å²) in [4.78, 5) is 22.1. The molecule has 94 valence electrons. The molecule has 4 nitrogen and oxygen atoms in total. The van der Waals surface area contributed by atoms with Gasteiger partial charge in [0.05, 0.1) is 26.1 Å². The van der Waals surface area contributed by atoms with Gasteiger partial charge in [0.15, 0.2) is 0 Å². The molecule has 0 fully saturated rings. The van der Waals surface area contributed by atoms with E-state index in [1.165, 1.54) is 0 Å². The van der Waals surface area contributed by atoms with Crippen LogP contribution in [0.15, 0.2) is 0 Å². The molecule has 0 bridgehead atoms. The number of halogens is 2. The molecular weight excluding hydrogens is 344 g/mol. The van der Waals surface area contributed by atoms with Crippen LogP contribution in [0.3, 0.4) is 0 Å². The van der Waals surface area contributed by atoms with Gasteiger partial charge >= 0.3 is 11.9 Å². The lowest BCUT2D eigenvalue weighted by Gasteiger charge is -2.15. The van der Waals surface area contributed by atoms with Crippen molar-refractivity contribution in [1.29, 1.82) is 0 Å². The van der Waals surface area contributed by atoms with Crippen LogP contribution >= 0.6 is 31.9 Å². The fourth-order valence-corrected chi connectivity index (χ4v) is 1.92. The van der Waals surface area contributed by atoms with E-state index in [1.807, 2.05) is 0 Å². The third kappa shape index (κ3) is 7.22. The topological polar surface area (TPSA) is 52.6 Å². The van der Waals surface area contributed by atoms with E-state index in [0.717, 1.165) is 0 Å². The fourth-order valence-electron chi connectivity index (χ4n) is 1.01. The Balaban J connectivity index is 3.93. The quantitative estimate of drug-likeness (QED) is 0.517. The van der Waals surface area contributed by atoms with E-state index in [9.17, 15) is 9.59 Å². The highest BCUT2D eigenvalue weighted by molar-refractivity contribution is 9.12. The molecule has 0 aromatic heterocycles. The summed E-state index contributed by atoms with van der Waals surface area (Å²) in [6.07, 6.45) is 0.451. The predicted molar refractivity (Wildman–Crippen MR) is 67.9 cm³/mol. The first-order chi connectivity index (χ1) is 7.51. The largest absolute Gasteiger partial charge is 0.466 e. The second-order valence-electron chi connectivity index (χ2n) is 3.05. The summed E-state index contributed by atoms with van der Waals surface area (Å²) in [5.74, 6) is -0.560. The highest BCUT2D eigenvalue weighted by Gasteiger charge is 2.22. The molecule has 0 aliphatic carbocycles. The van der Waals surface area contributed by atoms with Crippen molar-refractivity contribution in [2.24, 2.45) is 0 Å². The van der Waals surface area contributed by atoms with Gasteiger partial charge in [0.25, 0.3) is 0 Å². The number of esters is 2. The van der Waals surface area contributed by atoms with Crippen LogP contribution in [0.5, 0.6) is 0 Å². The van der Waals surface area contributed by atoms with E-state index in [4.69, 9.17) is 9.47 Å². The van der Waals surface area contributed by atoms with Gasteiger partial charge in [-0.05, 0) is 13.8 Å². The minimum Gasteiger partial charge on any atom is -0.466 e. The highest BCUT2D eigenvalue weighted by Crippen LogP contribution is 2.21. The third-order valence-corrected chi connectivity index (χ3v) is 4.36. The zero-order valence-electron chi connectivity index (χ0n) is 9.37. The van der Waals surface area contributed by atoms with Gasteiger partial charge in [-0.2, -0.15) is 0 Å². The third-order valence-electron chi connectivity index (χ3n) is 1.73. The molecule has 0 saturated heterocycles. The number of ether oxygens (including phenoxy) is 2. The van der Waals surface area contributed by atoms with Gasteiger partial charge in [-0.3, -0.25) is 9.59 Å². The molecule has 0 saturated carbocycles. The summed E-state index contributed by atoms with van der Waals surface area (Å²) in [6.45, 7) is 4.24. The summed E-state index contributed by atoms with van der Waals surface area (Å²) in [5.41, 5.74) is 0. The Kier molecular flexibility index (Phi) is 8.93. The van der Waals surface area contributed by atoms with Crippen molar-refractivity contribution in [3.8, 4) is 0 Å². The van der Waals surface area contributed by atoms with Crippen molar-refractivity contribution in [3.63, 3.8) is 0 Å². The Morgan fingerprint density at radius 3 is 1.50 bits per heavy atom. The van der Waals surface area contributed by atoms with Crippen molar-refractivity contribution >= 4 is 43.8 Å². The maximum atomic E-state index is 11.2. The van der Waals surface area contributed by atoms with Crippen molar-refractivity contribution in [3.05, 3.63) is 0 Å². The van der Waals surface area contributed by atoms with Gasteiger partial charge in [-0.25, -0.2) is 0 Å². The molecule has 0 aliphatic rings. The summed E-state index contributed by atoms with van der Waals surface area (Å²) in [7, 11) is 0. The second-order valence-corrected chi connectivity index (χ2v) is 5.40. The molecule has 2 atom stereocenters. The average Bonchev–Trinajstić information content (AvgIpc) is 2.17. The summed E-state index contributed by atoms with van der Waals surface area (Å²) < 4.78 is 9.62. The van der Waals surface area contributed by atoms with Gasteiger partial charge in [0.1, 0.15) is 0 Å². The summed E-state index contributed by atoms with van der Waals surface area (Å²) >= 11 is 6.68. The highest BCUT2D eigenvalue weighted by atomic mass is 79.9. The lowest BCUT2D eigenvalue weighted by atomic mass is 10.2. The molecule has 0 aliphatic heterocycles. The first-order valence-electron chi connectivity index (χ1n) is 5.10. The Bertz CT molecular complexity index is 209. The predicted octanol–water partition coefficient (Wildman–Crippen LogP) is 2.42. The van der Waals surface area contributed by atoms with Crippen molar-refractivity contribution < 1.29 is 19.1 Å². The van der Waals surface area contributed by atoms with Gasteiger partial charge in [0, 0.05) is 9.65 Å². The van der Waals surface area contributed by atoms with Crippen LogP contribution < -0.4 is 0 Å². The number of alkyl halides is 2. The maximum Gasteiger partial charge on any atom is 0.306 e. The fraction of sp³-hybridized carbons (Fsp3) is 0.800.